The molecule has 0 aromatic carbocycles. The normalized spacial score (nSPS) is 11.8. The highest BCUT2D eigenvalue weighted by molar-refractivity contribution is 9.10. The molecule has 0 saturated carbocycles. The van der Waals surface area contributed by atoms with Crippen LogP contribution in [0.15, 0.2) is 4.47 Å². The number of aromatic nitrogens is 2. The predicted molar refractivity (Wildman–Crippen MR) is 89.0 cm³/mol. The fourth-order valence-corrected chi connectivity index (χ4v) is 2.93. The van der Waals surface area contributed by atoms with E-state index in [1.807, 2.05) is 18.7 Å². The fraction of sp³-hybridized carbons (Fsp3) is 0.800. The van der Waals surface area contributed by atoms with E-state index in [0.717, 1.165) is 42.9 Å². The van der Waals surface area contributed by atoms with Crippen LogP contribution in [0.2, 0.25) is 0 Å². The van der Waals surface area contributed by atoms with Gasteiger partial charge in [0, 0.05) is 13.6 Å². The minimum absolute atomic E-state index is 0.965. The summed E-state index contributed by atoms with van der Waals surface area (Å²) in [4.78, 5) is 4.97. The van der Waals surface area contributed by atoms with Crippen LogP contribution >= 0.6 is 15.9 Å². The maximum Gasteiger partial charge on any atom is 0.0739 e. The summed E-state index contributed by atoms with van der Waals surface area (Å²) in [5.41, 5.74) is 2.34. The number of rotatable bonds is 9. The van der Waals surface area contributed by atoms with Crippen molar-refractivity contribution in [2.75, 3.05) is 32.7 Å². The summed E-state index contributed by atoms with van der Waals surface area (Å²) in [5, 5.41) is 4.47. The summed E-state index contributed by atoms with van der Waals surface area (Å²) in [5.74, 6) is 0. The third-order valence-corrected chi connectivity index (χ3v) is 4.96. The maximum absolute atomic E-state index is 4.47. The monoisotopic (exact) mass is 344 g/mol. The molecule has 0 aliphatic rings. The zero-order valence-corrected chi connectivity index (χ0v) is 15.2. The highest BCUT2D eigenvalue weighted by atomic mass is 79.9. The minimum atomic E-state index is 0.965. The molecule has 20 heavy (non-hydrogen) atoms. The molecule has 0 aliphatic heterocycles. The zero-order chi connectivity index (χ0) is 15.1. The van der Waals surface area contributed by atoms with Gasteiger partial charge in [0.2, 0.25) is 0 Å². The molecule has 0 aliphatic carbocycles. The summed E-state index contributed by atoms with van der Waals surface area (Å²) in [6, 6.07) is 0. The Bertz CT molecular complexity index is 399. The fourth-order valence-electron chi connectivity index (χ4n) is 2.47. The summed E-state index contributed by atoms with van der Waals surface area (Å²) in [7, 11) is 2.02. The number of hydrogen-bond acceptors (Lipinski definition) is 3. The Morgan fingerprint density at radius 3 is 2.05 bits per heavy atom. The highest BCUT2D eigenvalue weighted by Crippen LogP contribution is 2.21. The van der Waals surface area contributed by atoms with Crippen LogP contribution in [0.5, 0.6) is 0 Å². The van der Waals surface area contributed by atoms with Gasteiger partial charge in [-0.25, -0.2) is 0 Å². The van der Waals surface area contributed by atoms with Crippen molar-refractivity contribution in [3.05, 3.63) is 15.9 Å². The zero-order valence-electron chi connectivity index (χ0n) is 13.6. The van der Waals surface area contributed by atoms with E-state index in [9.17, 15) is 0 Å². The van der Waals surface area contributed by atoms with Gasteiger partial charge in [-0.15, -0.1) is 0 Å². The molecule has 0 radical (unpaired) electrons. The van der Waals surface area contributed by atoms with Gasteiger partial charge >= 0.3 is 0 Å². The van der Waals surface area contributed by atoms with Gasteiger partial charge in [-0.05, 0) is 62.0 Å². The maximum atomic E-state index is 4.47. The molecule has 0 amide bonds. The molecule has 0 bridgehead atoms. The first-order chi connectivity index (χ1) is 9.53. The average molecular weight is 345 g/mol. The minimum Gasteiger partial charge on any atom is -0.304 e. The second kappa shape index (κ2) is 8.80. The van der Waals surface area contributed by atoms with Crippen LogP contribution in [0.4, 0.5) is 0 Å². The summed E-state index contributed by atoms with van der Waals surface area (Å²) < 4.78 is 3.15. The molecule has 0 atom stereocenters. The summed E-state index contributed by atoms with van der Waals surface area (Å²) in [6.45, 7) is 15.4. The van der Waals surface area contributed by atoms with E-state index in [-0.39, 0.29) is 0 Å². The molecule has 1 aromatic rings. The Labute approximate surface area is 132 Å². The Morgan fingerprint density at radius 2 is 1.60 bits per heavy atom. The standard InChI is InChI=1S/C15H29BrN4/c1-6-19(7-2)10-9-11-20(8-3)12-14-15(16)13(4)17-18(14)5/h6-12H2,1-5H3. The lowest BCUT2D eigenvalue weighted by atomic mass is 10.3. The Hall–Kier alpha value is -0.390. The van der Waals surface area contributed by atoms with Crippen molar-refractivity contribution < 1.29 is 0 Å². The lowest BCUT2D eigenvalue weighted by Gasteiger charge is -2.23. The van der Waals surface area contributed by atoms with Gasteiger partial charge in [0.05, 0.1) is 15.9 Å². The molecule has 0 unspecified atom stereocenters. The molecule has 4 nitrogen and oxygen atoms in total. The van der Waals surface area contributed by atoms with Crippen LogP contribution < -0.4 is 0 Å². The number of halogens is 1. The molecule has 0 fully saturated rings. The van der Waals surface area contributed by atoms with Gasteiger partial charge in [0.25, 0.3) is 0 Å². The van der Waals surface area contributed by atoms with Crippen molar-refractivity contribution in [2.24, 2.45) is 7.05 Å². The van der Waals surface area contributed by atoms with Gasteiger partial charge in [-0.3, -0.25) is 9.58 Å². The van der Waals surface area contributed by atoms with E-state index in [2.05, 4.69) is 51.6 Å². The second-order valence-electron chi connectivity index (χ2n) is 5.22. The van der Waals surface area contributed by atoms with Crippen molar-refractivity contribution in [3.8, 4) is 0 Å². The smallest absolute Gasteiger partial charge is 0.0739 e. The number of nitrogens with zero attached hydrogens (tertiary/aromatic N) is 4. The SMILES string of the molecule is CCN(CC)CCCN(CC)Cc1c(Br)c(C)nn1C. The Balaban J connectivity index is 2.51. The van der Waals surface area contributed by atoms with Gasteiger partial charge in [-0.2, -0.15) is 5.10 Å². The van der Waals surface area contributed by atoms with Crippen LogP contribution in [-0.4, -0.2) is 52.3 Å². The van der Waals surface area contributed by atoms with Gasteiger partial charge in [-0.1, -0.05) is 20.8 Å². The van der Waals surface area contributed by atoms with Crippen LogP contribution in [-0.2, 0) is 13.6 Å². The molecule has 1 aromatic heterocycles. The molecular formula is C15H29BrN4. The first-order valence-electron chi connectivity index (χ1n) is 7.66. The second-order valence-corrected chi connectivity index (χ2v) is 6.01. The number of aryl methyl sites for hydroxylation is 2. The van der Waals surface area contributed by atoms with E-state index in [1.165, 1.54) is 18.7 Å². The summed E-state index contributed by atoms with van der Waals surface area (Å²) in [6.07, 6.45) is 1.23. The van der Waals surface area contributed by atoms with Crippen molar-refractivity contribution in [1.29, 1.82) is 0 Å². The quantitative estimate of drug-likeness (QED) is 0.688. The third kappa shape index (κ3) is 4.86. The van der Waals surface area contributed by atoms with Crippen LogP contribution in [0.3, 0.4) is 0 Å². The molecule has 116 valence electrons. The molecule has 5 heteroatoms. The number of hydrogen-bond donors (Lipinski definition) is 0. The van der Waals surface area contributed by atoms with E-state index < -0.39 is 0 Å². The van der Waals surface area contributed by atoms with E-state index in [1.54, 1.807) is 0 Å². The molecule has 1 heterocycles. The Morgan fingerprint density at radius 1 is 1.05 bits per heavy atom. The van der Waals surface area contributed by atoms with Crippen molar-refractivity contribution in [1.82, 2.24) is 19.6 Å². The van der Waals surface area contributed by atoms with E-state index >= 15 is 0 Å². The Kier molecular flexibility index (Phi) is 7.77. The lowest BCUT2D eigenvalue weighted by molar-refractivity contribution is 0.234. The first-order valence-corrected chi connectivity index (χ1v) is 8.45. The molecule has 0 spiro atoms. The van der Waals surface area contributed by atoms with Crippen molar-refractivity contribution in [2.45, 2.75) is 40.7 Å². The molecule has 1 rings (SSSR count). The predicted octanol–water partition coefficient (Wildman–Crippen LogP) is 3.04. The van der Waals surface area contributed by atoms with Gasteiger partial charge < -0.3 is 4.90 Å². The topological polar surface area (TPSA) is 24.3 Å². The molecular weight excluding hydrogens is 316 g/mol. The van der Waals surface area contributed by atoms with Gasteiger partial charge in [0.1, 0.15) is 0 Å². The molecule has 0 N–H and O–H groups in total. The van der Waals surface area contributed by atoms with Crippen LogP contribution in [0, 0.1) is 6.92 Å². The van der Waals surface area contributed by atoms with Crippen LogP contribution in [0.1, 0.15) is 38.6 Å². The average Bonchev–Trinajstić information content (AvgIpc) is 2.68. The van der Waals surface area contributed by atoms with Gasteiger partial charge in [0.15, 0.2) is 0 Å². The molecule has 0 saturated heterocycles. The largest absolute Gasteiger partial charge is 0.304 e. The lowest BCUT2D eigenvalue weighted by Crippen LogP contribution is -2.30. The highest BCUT2D eigenvalue weighted by Gasteiger charge is 2.13. The van der Waals surface area contributed by atoms with E-state index in [0.29, 0.717) is 0 Å². The van der Waals surface area contributed by atoms with Crippen molar-refractivity contribution >= 4 is 15.9 Å². The van der Waals surface area contributed by atoms with Crippen molar-refractivity contribution in [3.63, 3.8) is 0 Å². The van der Waals surface area contributed by atoms with E-state index in [4.69, 9.17) is 0 Å². The van der Waals surface area contributed by atoms with Crippen LogP contribution in [0.25, 0.3) is 0 Å². The third-order valence-electron chi connectivity index (χ3n) is 3.93. The summed E-state index contributed by atoms with van der Waals surface area (Å²) >= 11 is 3.65. The first kappa shape index (κ1) is 17.7.